The lowest BCUT2D eigenvalue weighted by molar-refractivity contribution is 0.592. The standard InChI is InChI=1S/C11H15BrClNO2S/c1-2-17(15,16)6-5-14-8-9-3-4-10(12)11(13)7-9/h3-4,7,14H,2,5-6,8H2,1H3. The molecule has 6 heteroatoms. The highest BCUT2D eigenvalue weighted by Gasteiger charge is 2.06. The Bertz CT molecular complexity index is 476. The van der Waals surface area contributed by atoms with Crippen molar-refractivity contribution in [3.8, 4) is 0 Å². The van der Waals surface area contributed by atoms with Crippen molar-refractivity contribution >= 4 is 37.4 Å². The van der Waals surface area contributed by atoms with Crippen molar-refractivity contribution in [2.24, 2.45) is 0 Å². The van der Waals surface area contributed by atoms with Crippen molar-refractivity contribution < 1.29 is 8.42 Å². The van der Waals surface area contributed by atoms with E-state index >= 15 is 0 Å². The Morgan fingerprint density at radius 3 is 2.71 bits per heavy atom. The van der Waals surface area contributed by atoms with Gasteiger partial charge in [0.05, 0.1) is 10.8 Å². The van der Waals surface area contributed by atoms with Gasteiger partial charge < -0.3 is 5.32 Å². The zero-order valence-corrected chi connectivity index (χ0v) is 12.7. The van der Waals surface area contributed by atoms with Gasteiger partial charge in [-0.25, -0.2) is 8.42 Å². The average Bonchev–Trinajstić information content (AvgIpc) is 2.29. The van der Waals surface area contributed by atoms with Crippen molar-refractivity contribution in [2.45, 2.75) is 13.5 Å². The van der Waals surface area contributed by atoms with Gasteiger partial charge in [0.2, 0.25) is 0 Å². The molecule has 96 valence electrons. The second-order valence-corrected chi connectivity index (χ2v) is 7.40. The van der Waals surface area contributed by atoms with Crippen LogP contribution in [0.1, 0.15) is 12.5 Å². The number of nitrogens with one attached hydrogen (secondary N) is 1. The predicted octanol–water partition coefficient (Wildman–Crippen LogP) is 2.63. The van der Waals surface area contributed by atoms with Gasteiger partial charge in [0.25, 0.3) is 0 Å². The van der Waals surface area contributed by atoms with Crippen LogP contribution in [-0.4, -0.2) is 26.5 Å². The molecule has 0 aliphatic heterocycles. The summed E-state index contributed by atoms with van der Waals surface area (Å²) in [6.45, 7) is 2.74. The molecule has 1 aromatic rings. The number of hydrogen-bond donors (Lipinski definition) is 1. The second kappa shape index (κ2) is 6.73. The molecule has 0 fully saturated rings. The van der Waals surface area contributed by atoms with Crippen LogP contribution in [0.25, 0.3) is 0 Å². The first-order valence-corrected chi connectivity index (χ1v) is 8.29. The molecule has 0 atom stereocenters. The third-order valence-corrected chi connectivity index (χ3v) is 5.28. The van der Waals surface area contributed by atoms with Gasteiger partial charge in [0, 0.05) is 23.3 Å². The molecular formula is C11H15BrClNO2S. The molecule has 0 aromatic heterocycles. The van der Waals surface area contributed by atoms with Crippen LogP contribution in [0.5, 0.6) is 0 Å². The average molecular weight is 341 g/mol. The van der Waals surface area contributed by atoms with E-state index in [2.05, 4.69) is 21.2 Å². The van der Waals surface area contributed by atoms with E-state index in [0.717, 1.165) is 10.0 Å². The number of benzene rings is 1. The molecule has 0 saturated heterocycles. The van der Waals surface area contributed by atoms with Crippen LogP contribution in [0.3, 0.4) is 0 Å². The van der Waals surface area contributed by atoms with Gasteiger partial charge >= 0.3 is 0 Å². The van der Waals surface area contributed by atoms with Crippen molar-refractivity contribution in [1.29, 1.82) is 0 Å². The van der Waals surface area contributed by atoms with Gasteiger partial charge in [-0.2, -0.15) is 0 Å². The monoisotopic (exact) mass is 339 g/mol. The maximum atomic E-state index is 11.2. The second-order valence-electron chi connectivity index (χ2n) is 3.66. The SMILES string of the molecule is CCS(=O)(=O)CCNCc1ccc(Br)c(Cl)c1. The Kier molecular flexibility index (Phi) is 5.92. The first-order chi connectivity index (χ1) is 7.94. The molecule has 0 unspecified atom stereocenters. The lowest BCUT2D eigenvalue weighted by atomic mass is 10.2. The third kappa shape index (κ3) is 5.38. The van der Waals surface area contributed by atoms with E-state index in [9.17, 15) is 8.42 Å². The Morgan fingerprint density at radius 2 is 2.12 bits per heavy atom. The highest BCUT2D eigenvalue weighted by atomic mass is 79.9. The number of halogens is 2. The van der Waals surface area contributed by atoms with E-state index in [4.69, 9.17) is 11.6 Å². The fourth-order valence-electron chi connectivity index (χ4n) is 1.25. The summed E-state index contributed by atoms with van der Waals surface area (Å²) in [6, 6.07) is 5.67. The van der Waals surface area contributed by atoms with E-state index in [-0.39, 0.29) is 11.5 Å². The first-order valence-electron chi connectivity index (χ1n) is 5.29. The lowest BCUT2D eigenvalue weighted by Crippen LogP contribution is -2.23. The molecule has 0 bridgehead atoms. The Balaban J connectivity index is 2.39. The van der Waals surface area contributed by atoms with Crippen LogP contribution in [0.15, 0.2) is 22.7 Å². The lowest BCUT2D eigenvalue weighted by Gasteiger charge is -2.06. The van der Waals surface area contributed by atoms with Crippen LogP contribution >= 0.6 is 27.5 Å². The van der Waals surface area contributed by atoms with Gasteiger partial charge in [-0.1, -0.05) is 24.6 Å². The van der Waals surface area contributed by atoms with E-state index in [1.54, 1.807) is 6.92 Å². The summed E-state index contributed by atoms with van der Waals surface area (Å²) in [5.41, 5.74) is 1.03. The van der Waals surface area contributed by atoms with E-state index in [1.165, 1.54) is 0 Å². The maximum Gasteiger partial charge on any atom is 0.151 e. The van der Waals surface area contributed by atoms with Crippen molar-refractivity contribution in [2.75, 3.05) is 18.1 Å². The van der Waals surface area contributed by atoms with E-state index < -0.39 is 9.84 Å². The van der Waals surface area contributed by atoms with Crippen LogP contribution in [-0.2, 0) is 16.4 Å². The predicted molar refractivity (Wildman–Crippen MR) is 75.2 cm³/mol. The summed E-state index contributed by atoms with van der Waals surface area (Å²) in [7, 11) is -2.88. The summed E-state index contributed by atoms with van der Waals surface area (Å²) >= 11 is 9.27. The van der Waals surface area contributed by atoms with E-state index in [1.807, 2.05) is 18.2 Å². The normalized spacial score (nSPS) is 11.7. The minimum atomic E-state index is -2.88. The molecule has 0 aliphatic rings. The molecule has 0 saturated carbocycles. The molecule has 1 aromatic carbocycles. The Morgan fingerprint density at radius 1 is 1.41 bits per heavy atom. The van der Waals surface area contributed by atoms with Crippen molar-refractivity contribution in [3.05, 3.63) is 33.3 Å². The van der Waals surface area contributed by atoms with Gasteiger partial charge in [0.1, 0.15) is 0 Å². The molecule has 0 heterocycles. The van der Waals surface area contributed by atoms with Gasteiger partial charge in [-0.05, 0) is 33.6 Å². The molecular weight excluding hydrogens is 326 g/mol. The fourth-order valence-corrected chi connectivity index (χ4v) is 2.45. The number of sulfone groups is 1. The highest BCUT2D eigenvalue weighted by molar-refractivity contribution is 9.10. The minimum Gasteiger partial charge on any atom is -0.312 e. The number of rotatable bonds is 6. The van der Waals surface area contributed by atoms with Crippen LogP contribution in [0, 0.1) is 0 Å². The zero-order valence-electron chi connectivity index (χ0n) is 9.54. The van der Waals surface area contributed by atoms with Crippen molar-refractivity contribution in [3.63, 3.8) is 0 Å². The smallest absolute Gasteiger partial charge is 0.151 e. The molecule has 3 nitrogen and oxygen atoms in total. The Labute approximate surface area is 116 Å². The summed E-state index contributed by atoms with van der Waals surface area (Å²) in [4.78, 5) is 0. The summed E-state index contributed by atoms with van der Waals surface area (Å²) < 4.78 is 23.3. The van der Waals surface area contributed by atoms with Gasteiger partial charge in [-0.3, -0.25) is 0 Å². The van der Waals surface area contributed by atoms with Crippen LogP contribution < -0.4 is 5.32 Å². The van der Waals surface area contributed by atoms with Crippen molar-refractivity contribution in [1.82, 2.24) is 5.32 Å². The molecule has 0 amide bonds. The van der Waals surface area contributed by atoms with Gasteiger partial charge in [-0.15, -0.1) is 0 Å². The quantitative estimate of drug-likeness (QED) is 0.810. The van der Waals surface area contributed by atoms with Crippen LogP contribution in [0.4, 0.5) is 0 Å². The molecule has 0 aliphatic carbocycles. The van der Waals surface area contributed by atoms with Gasteiger partial charge in [0.15, 0.2) is 9.84 Å². The molecule has 0 spiro atoms. The highest BCUT2D eigenvalue weighted by Crippen LogP contribution is 2.22. The van der Waals surface area contributed by atoms with Crippen LogP contribution in [0.2, 0.25) is 5.02 Å². The Hall–Kier alpha value is -0.100. The summed E-state index contributed by atoms with van der Waals surface area (Å²) in [6.07, 6.45) is 0. The van der Waals surface area contributed by atoms with E-state index in [0.29, 0.717) is 18.1 Å². The molecule has 1 rings (SSSR count). The minimum absolute atomic E-state index is 0.174. The molecule has 0 radical (unpaired) electrons. The molecule has 1 N–H and O–H groups in total. The molecule has 17 heavy (non-hydrogen) atoms. The zero-order chi connectivity index (χ0) is 12.9. The topological polar surface area (TPSA) is 46.2 Å². The fraction of sp³-hybridized carbons (Fsp3) is 0.455. The third-order valence-electron chi connectivity index (χ3n) is 2.34. The largest absolute Gasteiger partial charge is 0.312 e. The maximum absolute atomic E-state index is 11.2. The summed E-state index contributed by atoms with van der Waals surface area (Å²) in [5.74, 6) is 0.368. The number of hydrogen-bond acceptors (Lipinski definition) is 3. The first kappa shape index (κ1) is 15.0. The summed E-state index contributed by atoms with van der Waals surface area (Å²) in [5, 5.41) is 3.74.